The maximum atomic E-state index is 11.4. The van der Waals surface area contributed by atoms with Gasteiger partial charge in [0.05, 0.1) is 6.61 Å². The molecule has 2 aromatic carbocycles. The summed E-state index contributed by atoms with van der Waals surface area (Å²) in [5.41, 5.74) is 0. The zero-order valence-corrected chi connectivity index (χ0v) is 14.1. The maximum Gasteiger partial charge on any atom is 0.305 e. The average Bonchev–Trinajstić information content (AvgIpc) is 2.57. The molecular weight excluding hydrogens is 288 g/mol. The fourth-order valence-corrected chi connectivity index (χ4v) is 5.24. The van der Waals surface area contributed by atoms with E-state index >= 15 is 0 Å². The number of benzene rings is 2. The topological polar surface area (TPSA) is 26.3 Å². The van der Waals surface area contributed by atoms with Gasteiger partial charge in [0.2, 0.25) is 0 Å². The number of unbranched alkanes of at least 4 members (excludes halogenated alkanes) is 1. The van der Waals surface area contributed by atoms with Crippen LogP contribution < -0.4 is 10.4 Å². The first kappa shape index (κ1) is 16.5. The lowest BCUT2D eigenvalue weighted by atomic mass is 10.2. The average molecular weight is 311 g/mol. The van der Waals surface area contributed by atoms with Crippen LogP contribution >= 0.6 is 0 Å². The van der Waals surface area contributed by atoms with E-state index in [1.165, 1.54) is 10.4 Å². The van der Waals surface area contributed by atoms with Crippen molar-refractivity contribution < 1.29 is 9.53 Å². The fourth-order valence-electron chi connectivity index (χ4n) is 2.54. The van der Waals surface area contributed by atoms with Crippen LogP contribution in [0, 0.1) is 0 Å². The van der Waals surface area contributed by atoms with Crippen LogP contribution in [0.15, 0.2) is 60.7 Å². The first-order chi connectivity index (χ1) is 10.8. The van der Waals surface area contributed by atoms with Gasteiger partial charge in [-0.05, 0) is 13.3 Å². The molecule has 0 aliphatic rings. The number of hydrogen-bond acceptors (Lipinski definition) is 2. The molecule has 2 nitrogen and oxygen atoms in total. The minimum absolute atomic E-state index is 0.0734. The van der Waals surface area contributed by atoms with Crippen LogP contribution in [0.4, 0.5) is 0 Å². The lowest BCUT2D eigenvalue weighted by Gasteiger charge is -2.15. The SMILES string of the molecule is CCOC(=O)CCCC[Si](c1ccccc1)c1ccccc1. The number of carbonyl (C=O) groups is 1. The van der Waals surface area contributed by atoms with E-state index in [2.05, 4.69) is 60.7 Å². The predicted octanol–water partition coefficient (Wildman–Crippen LogP) is 3.03. The number of rotatable bonds is 8. The van der Waals surface area contributed by atoms with Crippen molar-refractivity contribution in [2.75, 3.05) is 6.61 Å². The van der Waals surface area contributed by atoms with Gasteiger partial charge in [-0.2, -0.15) is 0 Å². The Hall–Kier alpha value is -1.87. The molecule has 2 aromatic rings. The third kappa shape index (κ3) is 5.15. The quantitative estimate of drug-likeness (QED) is 0.425. The molecule has 22 heavy (non-hydrogen) atoms. The monoisotopic (exact) mass is 311 g/mol. The van der Waals surface area contributed by atoms with Gasteiger partial charge in [-0.3, -0.25) is 4.79 Å². The van der Waals surface area contributed by atoms with E-state index in [-0.39, 0.29) is 5.97 Å². The van der Waals surface area contributed by atoms with Crippen molar-refractivity contribution in [2.45, 2.75) is 32.2 Å². The highest BCUT2D eigenvalue weighted by molar-refractivity contribution is 6.85. The molecule has 0 amide bonds. The fraction of sp³-hybridized carbons (Fsp3) is 0.316. The Balaban J connectivity index is 1.96. The highest BCUT2D eigenvalue weighted by Crippen LogP contribution is 2.07. The van der Waals surface area contributed by atoms with Crippen LogP contribution in [0.5, 0.6) is 0 Å². The summed E-state index contributed by atoms with van der Waals surface area (Å²) in [6, 6.07) is 22.6. The molecular formula is C19H23O2Si. The second-order valence-electron chi connectivity index (χ2n) is 5.22. The van der Waals surface area contributed by atoms with Gasteiger partial charge < -0.3 is 4.74 Å². The summed E-state index contributed by atoms with van der Waals surface area (Å²) in [6.07, 6.45) is 2.51. The Morgan fingerprint density at radius 2 is 1.45 bits per heavy atom. The van der Waals surface area contributed by atoms with E-state index in [4.69, 9.17) is 4.74 Å². The molecule has 2 rings (SSSR count). The molecule has 0 spiro atoms. The van der Waals surface area contributed by atoms with Gasteiger partial charge in [0, 0.05) is 6.42 Å². The highest BCUT2D eigenvalue weighted by Gasteiger charge is 2.16. The van der Waals surface area contributed by atoms with Gasteiger partial charge in [0.15, 0.2) is 0 Å². The molecule has 0 aliphatic carbocycles. The molecule has 0 saturated heterocycles. The maximum absolute atomic E-state index is 11.4. The Morgan fingerprint density at radius 1 is 0.909 bits per heavy atom. The predicted molar refractivity (Wildman–Crippen MR) is 93.2 cm³/mol. The van der Waals surface area contributed by atoms with Crippen molar-refractivity contribution in [3.8, 4) is 0 Å². The molecule has 3 heteroatoms. The summed E-state index contributed by atoms with van der Waals surface area (Å²) < 4.78 is 4.99. The van der Waals surface area contributed by atoms with Gasteiger partial charge in [0.25, 0.3) is 0 Å². The van der Waals surface area contributed by atoms with Crippen molar-refractivity contribution in [3.63, 3.8) is 0 Å². The van der Waals surface area contributed by atoms with Crippen molar-refractivity contribution in [2.24, 2.45) is 0 Å². The van der Waals surface area contributed by atoms with E-state index in [9.17, 15) is 4.79 Å². The first-order valence-electron chi connectivity index (χ1n) is 7.93. The Bertz CT molecular complexity index is 515. The van der Waals surface area contributed by atoms with Crippen LogP contribution in [-0.2, 0) is 9.53 Å². The van der Waals surface area contributed by atoms with Crippen molar-refractivity contribution >= 4 is 25.1 Å². The lowest BCUT2D eigenvalue weighted by molar-refractivity contribution is -0.143. The normalized spacial score (nSPS) is 10.6. The molecule has 0 saturated carbocycles. The molecule has 115 valence electrons. The Kier molecular flexibility index (Phi) is 6.90. The summed E-state index contributed by atoms with van der Waals surface area (Å²) >= 11 is 0. The van der Waals surface area contributed by atoms with E-state index in [1.54, 1.807) is 0 Å². The van der Waals surface area contributed by atoms with E-state index in [0.29, 0.717) is 13.0 Å². The summed E-state index contributed by atoms with van der Waals surface area (Å²) in [4.78, 5) is 11.4. The molecule has 0 aromatic heterocycles. The zero-order chi connectivity index (χ0) is 15.6. The highest BCUT2D eigenvalue weighted by atomic mass is 28.3. The summed E-state index contributed by atoms with van der Waals surface area (Å²) in [6.45, 7) is 2.33. The molecule has 0 heterocycles. The molecule has 0 unspecified atom stereocenters. The van der Waals surface area contributed by atoms with Crippen molar-refractivity contribution in [3.05, 3.63) is 60.7 Å². The molecule has 0 aliphatic heterocycles. The summed E-state index contributed by atoms with van der Waals surface area (Å²) in [5, 5.41) is 2.88. The minimum atomic E-state index is -0.762. The van der Waals surface area contributed by atoms with Gasteiger partial charge in [-0.25, -0.2) is 0 Å². The minimum Gasteiger partial charge on any atom is -0.466 e. The lowest BCUT2D eigenvalue weighted by Crippen LogP contribution is -2.41. The van der Waals surface area contributed by atoms with E-state index in [0.717, 1.165) is 18.9 Å². The molecule has 0 atom stereocenters. The van der Waals surface area contributed by atoms with Crippen LogP contribution in [0.3, 0.4) is 0 Å². The van der Waals surface area contributed by atoms with Gasteiger partial charge in [-0.15, -0.1) is 0 Å². The van der Waals surface area contributed by atoms with Crippen LogP contribution in [-0.4, -0.2) is 21.4 Å². The largest absolute Gasteiger partial charge is 0.466 e. The molecule has 0 bridgehead atoms. The summed E-state index contributed by atoms with van der Waals surface area (Å²) in [7, 11) is -0.762. The smallest absolute Gasteiger partial charge is 0.305 e. The van der Waals surface area contributed by atoms with Crippen LogP contribution in [0.2, 0.25) is 6.04 Å². The summed E-state index contributed by atoms with van der Waals surface area (Å²) in [5.74, 6) is -0.0734. The second kappa shape index (κ2) is 9.21. The standard InChI is InChI=1S/C19H23O2Si/c1-2-21-19(20)15-9-10-16-22(17-11-5-3-6-12-17)18-13-7-4-8-14-18/h3-8,11-14H,2,9-10,15-16H2,1H3. The van der Waals surface area contributed by atoms with Crippen molar-refractivity contribution in [1.82, 2.24) is 0 Å². The molecule has 0 N–H and O–H groups in total. The van der Waals surface area contributed by atoms with Crippen molar-refractivity contribution in [1.29, 1.82) is 0 Å². The van der Waals surface area contributed by atoms with Gasteiger partial charge in [-0.1, -0.05) is 83.5 Å². The molecule has 1 radical (unpaired) electrons. The third-order valence-electron chi connectivity index (χ3n) is 3.61. The Morgan fingerprint density at radius 3 is 1.95 bits per heavy atom. The number of ether oxygens (including phenoxy) is 1. The first-order valence-corrected chi connectivity index (χ1v) is 9.64. The number of esters is 1. The number of hydrogen-bond donors (Lipinski definition) is 0. The second-order valence-corrected chi connectivity index (χ2v) is 7.83. The Labute approximate surface area is 134 Å². The molecule has 0 fully saturated rings. The van der Waals surface area contributed by atoms with Gasteiger partial charge >= 0.3 is 5.97 Å². The zero-order valence-electron chi connectivity index (χ0n) is 13.1. The van der Waals surface area contributed by atoms with Crippen LogP contribution in [0.25, 0.3) is 0 Å². The van der Waals surface area contributed by atoms with Crippen LogP contribution in [0.1, 0.15) is 26.2 Å². The third-order valence-corrected chi connectivity index (χ3v) is 6.52. The van der Waals surface area contributed by atoms with E-state index in [1.807, 2.05) is 6.92 Å². The number of carbonyl (C=O) groups excluding carboxylic acids is 1. The van der Waals surface area contributed by atoms with Gasteiger partial charge in [0.1, 0.15) is 8.80 Å². The van der Waals surface area contributed by atoms with E-state index < -0.39 is 8.80 Å².